The first-order valence-electron chi connectivity index (χ1n) is 6.87. The van der Waals surface area contributed by atoms with Crippen LogP contribution in [-0.4, -0.2) is 51.6 Å². The number of hydrogen-bond donors (Lipinski definition) is 4. The Morgan fingerprint density at radius 2 is 2.10 bits per heavy atom. The van der Waals surface area contributed by atoms with E-state index in [1.807, 2.05) is 6.26 Å². The number of carboxylic acid groups (broad SMARTS) is 2. The van der Waals surface area contributed by atoms with Gasteiger partial charge in [-0.3, -0.25) is 9.59 Å². The molecule has 0 spiro atoms. The van der Waals surface area contributed by atoms with E-state index in [1.54, 1.807) is 0 Å². The highest BCUT2D eigenvalue weighted by atomic mass is 32.2. The van der Waals surface area contributed by atoms with Crippen molar-refractivity contribution in [1.82, 2.24) is 5.32 Å². The highest BCUT2D eigenvalue weighted by molar-refractivity contribution is 7.98. The summed E-state index contributed by atoms with van der Waals surface area (Å²) in [7, 11) is 0. The summed E-state index contributed by atoms with van der Waals surface area (Å²) in [5, 5.41) is 20.7. The molecule has 0 aromatic carbocycles. The largest absolute Gasteiger partial charge is 0.481 e. The lowest BCUT2D eigenvalue weighted by molar-refractivity contribution is -0.144. The van der Waals surface area contributed by atoms with Gasteiger partial charge in [0.25, 0.3) is 0 Å². The SMILES string of the molecule is CSCC[C@H](NC(=O)[C@]1(N)CC[C@H]2[C@H](C(=O)O)[C@H]21)C(=O)O. The van der Waals surface area contributed by atoms with E-state index in [2.05, 4.69) is 5.32 Å². The van der Waals surface area contributed by atoms with E-state index < -0.39 is 35.3 Å². The van der Waals surface area contributed by atoms with Crippen LogP contribution in [0.3, 0.4) is 0 Å². The molecule has 2 rings (SSSR count). The Balaban J connectivity index is 2.02. The number of aliphatic carboxylic acids is 2. The zero-order valence-electron chi connectivity index (χ0n) is 11.7. The number of carboxylic acids is 2. The predicted octanol–water partition coefficient (Wildman–Crippen LogP) is -0.253. The van der Waals surface area contributed by atoms with E-state index in [1.165, 1.54) is 11.8 Å². The molecule has 5 N–H and O–H groups in total. The Bertz CT molecular complexity index is 471. The number of nitrogens with two attached hydrogens (primary N) is 1. The Labute approximate surface area is 126 Å². The lowest BCUT2D eigenvalue weighted by Crippen LogP contribution is -2.58. The van der Waals surface area contributed by atoms with E-state index in [0.717, 1.165) is 0 Å². The van der Waals surface area contributed by atoms with Crippen LogP contribution in [0.4, 0.5) is 0 Å². The van der Waals surface area contributed by atoms with Gasteiger partial charge in [-0.25, -0.2) is 4.79 Å². The number of rotatable bonds is 7. The van der Waals surface area contributed by atoms with Crippen LogP contribution in [0.2, 0.25) is 0 Å². The molecule has 2 aliphatic carbocycles. The van der Waals surface area contributed by atoms with Crippen molar-refractivity contribution in [1.29, 1.82) is 0 Å². The number of carbonyl (C=O) groups is 3. The van der Waals surface area contributed by atoms with Gasteiger partial charge >= 0.3 is 11.9 Å². The van der Waals surface area contributed by atoms with E-state index >= 15 is 0 Å². The maximum absolute atomic E-state index is 12.4. The molecular weight excluding hydrogens is 296 g/mol. The predicted molar refractivity (Wildman–Crippen MR) is 76.8 cm³/mol. The van der Waals surface area contributed by atoms with Crippen LogP contribution in [0.15, 0.2) is 0 Å². The number of fused-ring (bicyclic) bond motifs is 1. The van der Waals surface area contributed by atoms with Gasteiger partial charge in [0.1, 0.15) is 6.04 Å². The minimum atomic E-state index is -1.25. The Morgan fingerprint density at radius 3 is 2.57 bits per heavy atom. The van der Waals surface area contributed by atoms with Crippen molar-refractivity contribution in [3.05, 3.63) is 0 Å². The van der Waals surface area contributed by atoms with Gasteiger partial charge in [-0.05, 0) is 37.2 Å². The lowest BCUT2D eigenvalue weighted by Gasteiger charge is -2.27. The zero-order valence-corrected chi connectivity index (χ0v) is 12.6. The van der Waals surface area contributed by atoms with Crippen LogP contribution in [0.25, 0.3) is 0 Å². The van der Waals surface area contributed by atoms with Gasteiger partial charge in [0.15, 0.2) is 0 Å². The molecule has 21 heavy (non-hydrogen) atoms. The minimum absolute atomic E-state index is 0.0484. The summed E-state index contributed by atoms with van der Waals surface area (Å²) in [6.45, 7) is 0. The molecule has 118 valence electrons. The first-order valence-corrected chi connectivity index (χ1v) is 8.26. The van der Waals surface area contributed by atoms with Crippen LogP contribution in [0, 0.1) is 17.8 Å². The molecule has 0 unspecified atom stereocenters. The van der Waals surface area contributed by atoms with Crippen LogP contribution in [-0.2, 0) is 14.4 Å². The molecule has 0 bridgehead atoms. The standard InChI is InChI=1S/C13H20N2O5S/c1-21-5-3-7(10(16)17)15-12(20)13(14)4-2-6-8(9(6)13)11(18)19/h6-9H,2-5,14H2,1H3,(H,15,20)(H,16,17)(H,18,19)/t6-,7-,8-,9-,13-/m0/s1. The van der Waals surface area contributed by atoms with Gasteiger partial charge in [-0.2, -0.15) is 11.8 Å². The molecule has 7 nitrogen and oxygen atoms in total. The van der Waals surface area contributed by atoms with Crippen molar-refractivity contribution in [2.24, 2.45) is 23.5 Å². The molecule has 2 aliphatic rings. The number of amides is 1. The molecule has 8 heteroatoms. The normalized spacial score (nSPS) is 34.9. The monoisotopic (exact) mass is 316 g/mol. The number of hydrogen-bond acceptors (Lipinski definition) is 5. The molecule has 0 heterocycles. The summed E-state index contributed by atoms with van der Waals surface area (Å²) in [6.07, 6.45) is 3.18. The van der Waals surface area contributed by atoms with Crippen LogP contribution < -0.4 is 11.1 Å². The highest BCUT2D eigenvalue weighted by Gasteiger charge is 2.69. The summed E-state index contributed by atoms with van der Waals surface area (Å²) in [4.78, 5) is 34.6. The number of carbonyl (C=O) groups excluding carboxylic acids is 1. The molecule has 0 radical (unpaired) electrons. The van der Waals surface area contributed by atoms with Gasteiger partial charge in [-0.1, -0.05) is 0 Å². The fraction of sp³-hybridized carbons (Fsp3) is 0.769. The fourth-order valence-corrected chi connectivity index (χ4v) is 3.87. The van der Waals surface area contributed by atoms with Gasteiger partial charge in [0.05, 0.1) is 11.5 Å². The maximum Gasteiger partial charge on any atom is 0.326 e. The summed E-state index contributed by atoms with van der Waals surface area (Å²) in [5.74, 6) is -2.93. The van der Waals surface area contributed by atoms with E-state index in [-0.39, 0.29) is 11.8 Å². The third kappa shape index (κ3) is 2.87. The third-order valence-electron chi connectivity index (χ3n) is 4.58. The Kier molecular flexibility index (Phi) is 4.48. The summed E-state index contributed by atoms with van der Waals surface area (Å²) < 4.78 is 0. The molecular formula is C13H20N2O5S. The minimum Gasteiger partial charge on any atom is -0.481 e. The number of nitrogens with one attached hydrogen (secondary N) is 1. The van der Waals surface area contributed by atoms with Gasteiger partial charge < -0.3 is 21.3 Å². The maximum atomic E-state index is 12.4. The molecule has 0 aliphatic heterocycles. The van der Waals surface area contributed by atoms with Crippen LogP contribution >= 0.6 is 11.8 Å². The van der Waals surface area contributed by atoms with E-state index in [0.29, 0.717) is 25.0 Å². The van der Waals surface area contributed by atoms with E-state index in [4.69, 9.17) is 15.9 Å². The van der Waals surface area contributed by atoms with Crippen molar-refractivity contribution in [2.45, 2.75) is 30.8 Å². The van der Waals surface area contributed by atoms with Crippen molar-refractivity contribution < 1.29 is 24.6 Å². The summed E-state index contributed by atoms with van der Waals surface area (Å²) in [6, 6.07) is -0.980. The molecule has 5 atom stereocenters. The molecule has 0 saturated heterocycles. The highest BCUT2D eigenvalue weighted by Crippen LogP contribution is 2.61. The van der Waals surface area contributed by atoms with Crippen molar-refractivity contribution in [3.63, 3.8) is 0 Å². The van der Waals surface area contributed by atoms with Crippen molar-refractivity contribution >= 4 is 29.6 Å². The van der Waals surface area contributed by atoms with Gasteiger partial charge in [0.2, 0.25) is 5.91 Å². The van der Waals surface area contributed by atoms with Gasteiger partial charge in [-0.15, -0.1) is 0 Å². The van der Waals surface area contributed by atoms with Gasteiger partial charge in [0, 0.05) is 5.92 Å². The summed E-state index contributed by atoms with van der Waals surface area (Å²) in [5.41, 5.74) is 4.87. The fourth-order valence-electron chi connectivity index (χ4n) is 3.39. The molecule has 2 saturated carbocycles. The van der Waals surface area contributed by atoms with Crippen molar-refractivity contribution in [2.75, 3.05) is 12.0 Å². The molecule has 2 fully saturated rings. The smallest absolute Gasteiger partial charge is 0.326 e. The second-order valence-corrected chi connectivity index (χ2v) is 6.76. The average Bonchev–Trinajstić information content (AvgIpc) is 3.06. The Hall–Kier alpha value is -1.28. The second-order valence-electron chi connectivity index (χ2n) is 5.78. The third-order valence-corrected chi connectivity index (χ3v) is 5.22. The molecule has 1 amide bonds. The van der Waals surface area contributed by atoms with Crippen LogP contribution in [0.5, 0.6) is 0 Å². The topological polar surface area (TPSA) is 130 Å². The summed E-state index contributed by atoms with van der Waals surface area (Å²) >= 11 is 1.50. The Morgan fingerprint density at radius 1 is 1.43 bits per heavy atom. The van der Waals surface area contributed by atoms with Crippen molar-refractivity contribution in [3.8, 4) is 0 Å². The molecule has 0 aromatic heterocycles. The zero-order chi connectivity index (χ0) is 15.8. The average molecular weight is 316 g/mol. The second kappa shape index (κ2) is 5.84. The molecule has 0 aromatic rings. The quantitative estimate of drug-likeness (QED) is 0.509. The lowest BCUT2D eigenvalue weighted by atomic mass is 9.90. The first-order chi connectivity index (χ1) is 9.82. The van der Waals surface area contributed by atoms with E-state index in [9.17, 15) is 14.4 Å². The first kappa shape index (κ1) is 16.1. The van der Waals surface area contributed by atoms with Crippen LogP contribution in [0.1, 0.15) is 19.3 Å². The number of thioether (sulfide) groups is 1.